The van der Waals surface area contributed by atoms with Crippen molar-refractivity contribution in [3.05, 3.63) is 23.8 Å². The number of hydrogen-bond acceptors (Lipinski definition) is 8. The summed E-state index contributed by atoms with van der Waals surface area (Å²) < 4.78 is 17.2. The van der Waals surface area contributed by atoms with Gasteiger partial charge in [0, 0.05) is 55.8 Å². The molecular weight excluding hydrogens is 440 g/mol. The van der Waals surface area contributed by atoms with Gasteiger partial charge >= 0.3 is 11.9 Å². The van der Waals surface area contributed by atoms with Crippen LogP contribution in [0.2, 0.25) is 0 Å². The number of carbonyl (C=O) groups excluding carboxylic acids is 3. The van der Waals surface area contributed by atoms with E-state index in [-0.39, 0.29) is 18.6 Å². The molecule has 8 atom stereocenters. The lowest BCUT2D eigenvalue weighted by molar-refractivity contribution is -0.330. The molecule has 1 aliphatic heterocycles. The summed E-state index contributed by atoms with van der Waals surface area (Å²) in [6, 6.07) is 0. The van der Waals surface area contributed by atoms with Crippen LogP contribution in [0.3, 0.4) is 0 Å². The van der Waals surface area contributed by atoms with E-state index in [1.165, 1.54) is 27.0 Å². The molecule has 3 saturated carbocycles. The molecule has 0 bridgehead atoms. The molecule has 4 aliphatic rings. The van der Waals surface area contributed by atoms with Crippen LogP contribution in [-0.4, -0.2) is 58.6 Å². The lowest BCUT2D eigenvalue weighted by Crippen LogP contribution is -2.78. The predicted octanol–water partition coefficient (Wildman–Crippen LogP) is 2.46. The van der Waals surface area contributed by atoms with Crippen molar-refractivity contribution in [3.63, 3.8) is 0 Å². The van der Waals surface area contributed by atoms with Gasteiger partial charge in [0.1, 0.15) is 11.9 Å². The minimum absolute atomic E-state index is 0.0378. The Morgan fingerprint density at radius 3 is 2.47 bits per heavy atom. The monoisotopic (exact) mass is 476 g/mol. The zero-order valence-corrected chi connectivity index (χ0v) is 20.8. The third-order valence-corrected chi connectivity index (χ3v) is 9.39. The van der Waals surface area contributed by atoms with Gasteiger partial charge in [-0.3, -0.25) is 4.79 Å². The zero-order valence-electron chi connectivity index (χ0n) is 20.8. The Labute approximate surface area is 200 Å². The number of fused-ring (bicyclic) bond motifs is 4. The molecule has 0 aromatic heterocycles. The van der Waals surface area contributed by atoms with Gasteiger partial charge in [-0.25, -0.2) is 4.79 Å². The molecule has 1 heterocycles. The van der Waals surface area contributed by atoms with Crippen LogP contribution in [0.25, 0.3) is 0 Å². The van der Waals surface area contributed by atoms with Crippen LogP contribution in [0.15, 0.2) is 23.8 Å². The maximum absolute atomic E-state index is 12.7. The smallest absolute Gasteiger partial charge is 0.334 e. The molecule has 4 rings (SSSR count). The van der Waals surface area contributed by atoms with Gasteiger partial charge < -0.3 is 29.2 Å². The van der Waals surface area contributed by atoms with Gasteiger partial charge in [0.2, 0.25) is 5.79 Å². The van der Waals surface area contributed by atoms with Crippen molar-refractivity contribution >= 4 is 17.7 Å². The molecule has 0 amide bonds. The van der Waals surface area contributed by atoms with Crippen molar-refractivity contribution in [2.75, 3.05) is 7.11 Å². The number of Topliss-reactive ketones (excluding diaryl/α,β-unsaturated/α-hetero) is 1. The Kier molecular flexibility index (Phi) is 5.70. The SMILES string of the molecule is C=C1C2=CC(=O)O[C@]2(OC)C[C@H]2[C@H]1[C@@H](O)[C@H](CC(C)=O)[C@@]1(O)C(C)(C)CC[C@H](OC(C)=O)[C@]21C. The van der Waals surface area contributed by atoms with Gasteiger partial charge in [0.05, 0.1) is 11.7 Å². The van der Waals surface area contributed by atoms with Crippen LogP contribution in [0.1, 0.15) is 60.3 Å². The van der Waals surface area contributed by atoms with Crippen LogP contribution >= 0.6 is 0 Å². The molecule has 2 N–H and O–H groups in total. The molecule has 0 aromatic carbocycles. The fraction of sp³-hybridized carbons (Fsp3) is 0.731. The van der Waals surface area contributed by atoms with E-state index in [4.69, 9.17) is 14.2 Å². The van der Waals surface area contributed by atoms with Gasteiger partial charge in [-0.05, 0) is 36.7 Å². The summed E-state index contributed by atoms with van der Waals surface area (Å²) in [5, 5.41) is 24.5. The van der Waals surface area contributed by atoms with E-state index in [0.717, 1.165) is 0 Å². The molecule has 3 aliphatic carbocycles. The lowest BCUT2D eigenvalue weighted by atomic mass is 9.37. The van der Waals surface area contributed by atoms with E-state index in [0.29, 0.717) is 24.0 Å². The van der Waals surface area contributed by atoms with Gasteiger partial charge in [-0.2, -0.15) is 0 Å². The first-order valence-corrected chi connectivity index (χ1v) is 11.9. The summed E-state index contributed by atoms with van der Waals surface area (Å²) in [5.74, 6) is -4.52. The summed E-state index contributed by atoms with van der Waals surface area (Å²) in [5.41, 5.74) is -2.44. The predicted molar refractivity (Wildman–Crippen MR) is 121 cm³/mol. The number of esters is 2. The first kappa shape index (κ1) is 25.1. The second-order valence-electron chi connectivity index (χ2n) is 11.4. The first-order chi connectivity index (χ1) is 15.7. The third kappa shape index (κ3) is 3.04. The van der Waals surface area contributed by atoms with E-state index in [1.807, 2.05) is 20.8 Å². The lowest BCUT2D eigenvalue weighted by Gasteiger charge is -2.71. The molecule has 0 radical (unpaired) electrons. The molecule has 8 nitrogen and oxygen atoms in total. The van der Waals surface area contributed by atoms with Crippen LogP contribution in [-0.2, 0) is 28.6 Å². The second kappa shape index (κ2) is 7.73. The van der Waals surface area contributed by atoms with Crippen molar-refractivity contribution in [2.24, 2.45) is 28.6 Å². The number of methoxy groups -OCH3 is 1. The molecule has 0 spiro atoms. The second-order valence-corrected chi connectivity index (χ2v) is 11.4. The molecule has 0 unspecified atom stereocenters. The van der Waals surface area contributed by atoms with Gasteiger partial charge in [0.15, 0.2) is 0 Å². The van der Waals surface area contributed by atoms with Crippen molar-refractivity contribution in [2.45, 2.75) is 83.9 Å². The number of carbonyl (C=O) groups is 3. The highest BCUT2D eigenvalue weighted by Crippen LogP contribution is 2.70. The molecule has 8 heteroatoms. The first-order valence-electron chi connectivity index (χ1n) is 11.9. The van der Waals surface area contributed by atoms with Crippen LogP contribution in [0.5, 0.6) is 0 Å². The highest BCUT2D eigenvalue weighted by molar-refractivity contribution is 5.88. The molecule has 0 saturated heterocycles. The van der Waals surface area contributed by atoms with Gasteiger partial charge in [0.25, 0.3) is 0 Å². The standard InChI is InChI=1S/C26H36O8/c1-13(27)10-17-22(30)21-14(2)16-11-20(29)34-25(16,32-7)12-18(21)24(6)19(33-15(3)28)8-9-23(4,5)26(17,24)31/h11,17-19,21-22,30-31H,2,8-10,12H2,1,3-7H3/t17-,18-,19-,21-,22-,24-,25+,26+/m0/s1. The number of aliphatic hydroxyl groups is 2. The molecule has 0 aromatic rings. The Hall–Kier alpha value is -2.03. The van der Waals surface area contributed by atoms with Crippen molar-refractivity contribution < 1.29 is 38.8 Å². The number of ether oxygens (including phenoxy) is 3. The Morgan fingerprint density at radius 2 is 1.91 bits per heavy atom. The van der Waals surface area contributed by atoms with E-state index in [1.54, 1.807) is 0 Å². The minimum atomic E-state index is -1.58. The van der Waals surface area contributed by atoms with E-state index < -0.39 is 64.1 Å². The maximum Gasteiger partial charge on any atom is 0.334 e. The van der Waals surface area contributed by atoms with Crippen molar-refractivity contribution in [3.8, 4) is 0 Å². The normalized spacial score (nSPS) is 44.8. The fourth-order valence-electron chi connectivity index (χ4n) is 7.90. The number of hydrogen-bond donors (Lipinski definition) is 2. The van der Waals surface area contributed by atoms with Crippen molar-refractivity contribution in [1.29, 1.82) is 0 Å². The molecule has 34 heavy (non-hydrogen) atoms. The number of ketones is 1. The highest BCUT2D eigenvalue weighted by Gasteiger charge is 2.76. The van der Waals surface area contributed by atoms with E-state index >= 15 is 0 Å². The Bertz CT molecular complexity index is 981. The maximum atomic E-state index is 12.7. The average Bonchev–Trinajstić information content (AvgIpc) is 3.08. The van der Waals surface area contributed by atoms with E-state index in [9.17, 15) is 24.6 Å². The van der Waals surface area contributed by atoms with Gasteiger partial charge in [-0.1, -0.05) is 27.4 Å². The summed E-state index contributed by atoms with van der Waals surface area (Å²) in [4.78, 5) is 36.9. The molecular formula is C26H36O8. The van der Waals surface area contributed by atoms with Crippen LogP contribution in [0, 0.1) is 28.6 Å². The summed E-state index contributed by atoms with van der Waals surface area (Å²) in [6.45, 7) is 12.7. The zero-order chi connectivity index (χ0) is 25.4. The molecule has 188 valence electrons. The fourth-order valence-corrected chi connectivity index (χ4v) is 7.90. The summed E-state index contributed by atoms with van der Waals surface area (Å²) >= 11 is 0. The third-order valence-electron chi connectivity index (χ3n) is 9.39. The van der Waals surface area contributed by atoms with Crippen LogP contribution in [0.4, 0.5) is 0 Å². The van der Waals surface area contributed by atoms with Crippen LogP contribution < -0.4 is 0 Å². The number of aliphatic hydroxyl groups excluding tert-OH is 1. The minimum Gasteiger partial charge on any atom is -0.462 e. The van der Waals surface area contributed by atoms with Crippen molar-refractivity contribution in [1.82, 2.24) is 0 Å². The Morgan fingerprint density at radius 1 is 1.26 bits per heavy atom. The molecule has 3 fully saturated rings. The largest absolute Gasteiger partial charge is 0.462 e. The van der Waals surface area contributed by atoms with E-state index in [2.05, 4.69) is 6.58 Å². The topological polar surface area (TPSA) is 119 Å². The Balaban J connectivity index is 1.98. The highest BCUT2D eigenvalue weighted by atomic mass is 16.7. The number of rotatable bonds is 4. The quantitative estimate of drug-likeness (QED) is 0.594. The average molecular weight is 477 g/mol. The summed E-state index contributed by atoms with van der Waals surface area (Å²) in [6.07, 6.45) is 0.707. The van der Waals surface area contributed by atoms with Gasteiger partial charge in [-0.15, -0.1) is 0 Å². The summed E-state index contributed by atoms with van der Waals surface area (Å²) in [7, 11) is 1.45.